The van der Waals surface area contributed by atoms with E-state index in [2.05, 4.69) is 42.3 Å². The summed E-state index contributed by atoms with van der Waals surface area (Å²) in [6.07, 6.45) is 7.00. The van der Waals surface area contributed by atoms with Crippen LogP contribution in [0, 0.1) is 25.2 Å². The maximum Gasteiger partial charge on any atom is 0.134 e. The molecule has 0 saturated carbocycles. The minimum absolute atomic E-state index is 0.684. The van der Waals surface area contributed by atoms with Gasteiger partial charge in [0.1, 0.15) is 24.0 Å². The molecule has 3 heterocycles. The predicted octanol–water partition coefficient (Wildman–Crippen LogP) is 2.97. The van der Waals surface area contributed by atoms with Gasteiger partial charge in [-0.1, -0.05) is 6.07 Å². The van der Waals surface area contributed by atoms with E-state index in [1.54, 1.807) is 6.33 Å². The Bertz CT molecular complexity index is 1050. The Hall–Kier alpha value is -3.53. The number of nitriles is 1. The molecule has 0 bridgehead atoms. The standard InChI is InChI=1S/C22H23N7/c1-15-3-4-21(18(9-15)10-23)29-8-6-20-19(13-29)22(28-14-27-20)24-7-5-17-11-25-16(2)26-12-17/h3-4,9,11-12,14H,5-8,13H2,1-2H3,(H,24,27,28). The Morgan fingerprint density at radius 2 is 1.97 bits per heavy atom. The SMILES string of the molecule is Cc1ccc(N2CCc3ncnc(NCCc4cnc(C)nc4)c3C2)c(C#N)c1. The molecule has 4 rings (SSSR count). The molecule has 2 aromatic heterocycles. The highest BCUT2D eigenvalue weighted by molar-refractivity contribution is 5.62. The second-order valence-corrected chi connectivity index (χ2v) is 7.27. The molecular weight excluding hydrogens is 362 g/mol. The highest BCUT2D eigenvalue weighted by Gasteiger charge is 2.23. The van der Waals surface area contributed by atoms with E-state index in [1.165, 1.54) is 0 Å². The fourth-order valence-corrected chi connectivity index (χ4v) is 3.59. The van der Waals surface area contributed by atoms with Crippen LogP contribution in [0.15, 0.2) is 36.9 Å². The molecule has 0 atom stereocenters. The number of fused-ring (bicyclic) bond motifs is 1. The van der Waals surface area contributed by atoms with E-state index in [0.717, 1.165) is 65.6 Å². The average molecular weight is 385 g/mol. The van der Waals surface area contributed by atoms with Gasteiger partial charge < -0.3 is 10.2 Å². The van der Waals surface area contributed by atoms with Crippen LogP contribution in [0.1, 0.15) is 33.8 Å². The third-order valence-electron chi connectivity index (χ3n) is 5.16. The van der Waals surface area contributed by atoms with Crippen molar-refractivity contribution in [3.8, 4) is 6.07 Å². The highest BCUT2D eigenvalue weighted by Crippen LogP contribution is 2.29. The van der Waals surface area contributed by atoms with Crippen LogP contribution >= 0.6 is 0 Å². The first-order valence-electron chi connectivity index (χ1n) is 9.74. The molecule has 1 aliphatic heterocycles. The summed E-state index contributed by atoms with van der Waals surface area (Å²) in [6, 6.07) is 8.35. The van der Waals surface area contributed by atoms with Gasteiger partial charge in [0, 0.05) is 44.0 Å². The molecule has 0 radical (unpaired) electrons. The summed E-state index contributed by atoms with van der Waals surface area (Å²) in [4.78, 5) is 19.7. The summed E-state index contributed by atoms with van der Waals surface area (Å²) in [5, 5.41) is 13.0. The van der Waals surface area contributed by atoms with Crippen LogP contribution in [0.5, 0.6) is 0 Å². The molecule has 0 aliphatic carbocycles. The number of benzene rings is 1. The number of anilines is 2. The van der Waals surface area contributed by atoms with E-state index in [4.69, 9.17) is 0 Å². The van der Waals surface area contributed by atoms with Gasteiger partial charge in [-0.2, -0.15) is 5.26 Å². The van der Waals surface area contributed by atoms with Gasteiger partial charge in [-0.25, -0.2) is 19.9 Å². The number of rotatable bonds is 5. The topological polar surface area (TPSA) is 90.6 Å². The highest BCUT2D eigenvalue weighted by atomic mass is 15.2. The molecule has 0 fully saturated rings. The Morgan fingerprint density at radius 1 is 1.14 bits per heavy atom. The van der Waals surface area contributed by atoms with Gasteiger partial charge >= 0.3 is 0 Å². The van der Waals surface area contributed by atoms with Crippen LogP contribution in [0.4, 0.5) is 11.5 Å². The van der Waals surface area contributed by atoms with E-state index in [0.29, 0.717) is 12.1 Å². The molecule has 1 N–H and O–H groups in total. The molecule has 3 aromatic rings. The van der Waals surface area contributed by atoms with Crippen molar-refractivity contribution in [3.05, 3.63) is 70.7 Å². The van der Waals surface area contributed by atoms with Gasteiger partial charge in [0.2, 0.25) is 0 Å². The van der Waals surface area contributed by atoms with Gasteiger partial charge in [-0.05, 0) is 43.5 Å². The van der Waals surface area contributed by atoms with Crippen molar-refractivity contribution in [2.75, 3.05) is 23.3 Å². The number of hydrogen-bond donors (Lipinski definition) is 1. The van der Waals surface area contributed by atoms with Crippen molar-refractivity contribution in [3.63, 3.8) is 0 Å². The summed E-state index contributed by atoms with van der Waals surface area (Å²) >= 11 is 0. The summed E-state index contributed by atoms with van der Waals surface area (Å²) < 4.78 is 0. The van der Waals surface area contributed by atoms with Crippen LogP contribution in [0.3, 0.4) is 0 Å². The normalized spacial score (nSPS) is 12.9. The summed E-state index contributed by atoms with van der Waals surface area (Å²) in [7, 11) is 0. The lowest BCUT2D eigenvalue weighted by atomic mass is 10.0. The van der Waals surface area contributed by atoms with E-state index in [1.807, 2.05) is 38.4 Å². The van der Waals surface area contributed by atoms with Gasteiger partial charge in [0.25, 0.3) is 0 Å². The summed E-state index contributed by atoms with van der Waals surface area (Å²) in [5.74, 6) is 1.64. The molecule has 146 valence electrons. The molecule has 1 aliphatic rings. The van der Waals surface area contributed by atoms with Crippen LogP contribution in [-0.2, 0) is 19.4 Å². The molecule has 0 saturated heterocycles. The monoisotopic (exact) mass is 385 g/mol. The Morgan fingerprint density at radius 3 is 2.76 bits per heavy atom. The fraction of sp³-hybridized carbons (Fsp3) is 0.318. The summed E-state index contributed by atoms with van der Waals surface area (Å²) in [5.41, 5.74) is 6.03. The third-order valence-corrected chi connectivity index (χ3v) is 5.16. The molecule has 0 spiro atoms. The fourth-order valence-electron chi connectivity index (χ4n) is 3.59. The zero-order valence-corrected chi connectivity index (χ0v) is 16.7. The van der Waals surface area contributed by atoms with Gasteiger partial charge in [-0.15, -0.1) is 0 Å². The van der Waals surface area contributed by atoms with E-state index >= 15 is 0 Å². The van der Waals surface area contributed by atoms with Crippen molar-refractivity contribution >= 4 is 11.5 Å². The quantitative estimate of drug-likeness (QED) is 0.722. The van der Waals surface area contributed by atoms with Crippen molar-refractivity contribution < 1.29 is 0 Å². The second-order valence-electron chi connectivity index (χ2n) is 7.27. The first-order valence-corrected chi connectivity index (χ1v) is 9.74. The van der Waals surface area contributed by atoms with E-state index in [-0.39, 0.29) is 0 Å². The number of nitrogens with zero attached hydrogens (tertiary/aromatic N) is 6. The number of nitrogens with one attached hydrogen (secondary N) is 1. The largest absolute Gasteiger partial charge is 0.369 e. The molecule has 1 aromatic carbocycles. The lowest BCUT2D eigenvalue weighted by molar-refractivity contribution is 0.705. The number of aryl methyl sites for hydroxylation is 2. The van der Waals surface area contributed by atoms with E-state index < -0.39 is 0 Å². The number of aromatic nitrogens is 4. The third kappa shape index (κ3) is 4.16. The first kappa shape index (κ1) is 18.8. The predicted molar refractivity (Wildman–Crippen MR) is 112 cm³/mol. The van der Waals surface area contributed by atoms with Crippen molar-refractivity contribution in [1.82, 2.24) is 19.9 Å². The molecule has 7 heteroatoms. The van der Waals surface area contributed by atoms with Crippen molar-refractivity contribution in [2.45, 2.75) is 33.2 Å². The van der Waals surface area contributed by atoms with Gasteiger partial charge in [-0.3, -0.25) is 0 Å². The van der Waals surface area contributed by atoms with E-state index in [9.17, 15) is 5.26 Å². The van der Waals surface area contributed by atoms with Crippen LogP contribution < -0.4 is 10.2 Å². The molecular formula is C22H23N7. The van der Waals surface area contributed by atoms with Crippen LogP contribution in [-0.4, -0.2) is 33.0 Å². The Labute approximate surface area is 170 Å². The lowest BCUT2D eigenvalue weighted by Crippen LogP contribution is -2.32. The first-order chi connectivity index (χ1) is 14.1. The molecule has 7 nitrogen and oxygen atoms in total. The lowest BCUT2D eigenvalue weighted by Gasteiger charge is -2.31. The average Bonchev–Trinajstić information content (AvgIpc) is 2.75. The number of hydrogen-bond acceptors (Lipinski definition) is 7. The zero-order chi connectivity index (χ0) is 20.2. The van der Waals surface area contributed by atoms with Gasteiger partial charge in [0.05, 0.1) is 16.9 Å². The molecule has 29 heavy (non-hydrogen) atoms. The van der Waals surface area contributed by atoms with Gasteiger partial charge in [0.15, 0.2) is 0 Å². The Balaban J connectivity index is 1.50. The zero-order valence-electron chi connectivity index (χ0n) is 16.7. The minimum Gasteiger partial charge on any atom is -0.369 e. The van der Waals surface area contributed by atoms with Crippen molar-refractivity contribution in [1.29, 1.82) is 5.26 Å². The maximum absolute atomic E-state index is 9.54. The molecule has 0 amide bonds. The second kappa shape index (κ2) is 8.23. The van der Waals surface area contributed by atoms with Crippen LogP contribution in [0.2, 0.25) is 0 Å². The molecule has 0 unspecified atom stereocenters. The van der Waals surface area contributed by atoms with Crippen LogP contribution in [0.25, 0.3) is 0 Å². The minimum atomic E-state index is 0.684. The Kier molecular flexibility index (Phi) is 5.34. The summed E-state index contributed by atoms with van der Waals surface area (Å²) in [6.45, 7) is 6.15. The van der Waals surface area contributed by atoms with Crippen molar-refractivity contribution in [2.24, 2.45) is 0 Å². The smallest absolute Gasteiger partial charge is 0.134 e. The maximum atomic E-state index is 9.54.